The van der Waals surface area contributed by atoms with Crippen molar-refractivity contribution in [3.63, 3.8) is 0 Å². The number of anilines is 1. The van der Waals surface area contributed by atoms with Gasteiger partial charge in [-0.05, 0) is 67.7 Å². The van der Waals surface area contributed by atoms with Gasteiger partial charge in [0.1, 0.15) is 40.6 Å². The number of rotatable bonds is 9. The number of pyridine rings is 1. The first-order valence-electron chi connectivity index (χ1n) is 15.4. The molecular weight excluding hydrogens is 666 g/mol. The number of hydrogen-bond acceptors (Lipinski definition) is 8. The average molecular weight is 697 g/mol. The highest BCUT2D eigenvalue weighted by Gasteiger charge is 2.27. The SMILES string of the molecule is CNC(=O)c1c(-c2ccc(F)cc2)oc2cc(N(C)S(C)(=O)=O)c(-c3ccc4nc(CN(C)CC=O)n5c6cccc(F)c6cc5c4n3)cc12. The number of carbonyl (C=O) groups is 2. The third-order valence-corrected chi connectivity index (χ3v) is 9.89. The second-order valence-electron chi connectivity index (χ2n) is 12.0. The summed E-state index contributed by atoms with van der Waals surface area (Å²) in [7, 11) is 0.846. The van der Waals surface area contributed by atoms with Gasteiger partial charge in [-0.1, -0.05) is 6.07 Å². The van der Waals surface area contributed by atoms with E-state index in [9.17, 15) is 22.4 Å². The molecule has 3 aromatic carbocycles. The molecule has 0 aliphatic rings. The zero-order chi connectivity index (χ0) is 35.5. The summed E-state index contributed by atoms with van der Waals surface area (Å²) in [4.78, 5) is 36.2. The van der Waals surface area contributed by atoms with E-state index in [1.807, 2.05) is 0 Å². The number of furan rings is 1. The van der Waals surface area contributed by atoms with Crippen molar-refractivity contribution in [3.05, 3.63) is 95.8 Å². The summed E-state index contributed by atoms with van der Waals surface area (Å²) in [5.41, 5.74) is 3.79. The first-order chi connectivity index (χ1) is 23.9. The smallest absolute Gasteiger partial charge is 0.255 e. The molecule has 0 atom stereocenters. The molecule has 11 nitrogen and oxygen atoms in total. The number of likely N-dealkylation sites (N-methyl/N-ethyl adjacent to an activating group) is 1. The van der Waals surface area contributed by atoms with Crippen LogP contribution in [0.1, 0.15) is 16.2 Å². The van der Waals surface area contributed by atoms with Gasteiger partial charge in [-0.15, -0.1) is 0 Å². The van der Waals surface area contributed by atoms with Crippen LogP contribution in [0.4, 0.5) is 14.5 Å². The Hall–Kier alpha value is -5.73. The van der Waals surface area contributed by atoms with E-state index in [1.54, 1.807) is 52.7 Å². The van der Waals surface area contributed by atoms with Gasteiger partial charge in [0.25, 0.3) is 5.91 Å². The lowest BCUT2D eigenvalue weighted by Gasteiger charge is -2.20. The van der Waals surface area contributed by atoms with E-state index >= 15 is 4.39 Å². The van der Waals surface area contributed by atoms with Crippen LogP contribution >= 0.6 is 0 Å². The zero-order valence-corrected chi connectivity index (χ0v) is 28.2. The van der Waals surface area contributed by atoms with E-state index in [0.717, 1.165) is 16.8 Å². The molecule has 0 saturated carbocycles. The molecule has 1 N–H and O–H groups in total. The lowest BCUT2D eigenvalue weighted by molar-refractivity contribution is -0.108. The first-order valence-corrected chi connectivity index (χ1v) is 17.3. The predicted octanol–water partition coefficient (Wildman–Crippen LogP) is 5.78. The summed E-state index contributed by atoms with van der Waals surface area (Å²) >= 11 is 0. The molecule has 0 aliphatic heterocycles. The molecule has 4 heterocycles. The fraction of sp³-hybridized carbons (Fsp3) is 0.167. The van der Waals surface area contributed by atoms with Crippen LogP contribution in [0.2, 0.25) is 0 Å². The van der Waals surface area contributed by atoms with Crippen molar-refractivity contribution in [2.24, 2.45) is 0 Å². The molecule has 0 spiro atoms. The van der Waals surface area contributed by atoms with Crippen LogP contribution in [0, 0.1) is 11.6 Å². The molecule has 0 fully saturated rings. The summed E-state index contributed by atoms with van der Waals surface area (Å²) in [5, 5.41) is 3.36. The van der Waals surface area contributed by atoms with Crippen molar-refractivity contribution < 1.29 is 31.2 Å². The van der Waals surface area contributed by atoms with Gasteiger partial charge in [0.05, 0.1) is 52.8 Å². The van der Waals surface area contributed by atoms with Gasteiger partial charge < -0.3 is 14.5 Å². The Morgan fingerprint density at radius 3 is 2.44 bits per heavy atom. The van der Waals surface area contributed by atoms with E-state index in [0.29, 0.717) is 55.5 Å². The van der Waals surface area contributed by atoms with Gasteiger partial charge in [0, 0.05) is 42.1 Å². The number of amides is 1. The van der Waals surface area contributed by atoms with Crippen molar-refractivity contribution in [3.8, 4) is 22.6 Å². The zero-order valence-electron chi connectivity index (χ0n) is 27.4. The minimum Gasteiger partial charge on any atom is -0.455 e. The molecule has 254 valence electrons. The largest absolute Gasteiger partial charge is 0.455 e. The summed E-state index contributed by atoms with van der Waals surface area (Å²) in [6.07, 6.45) is 1.85. The minimum absolute atomic E-state index is 0.167. The molecule has 50 heavy (non-hydrogen) atoms. The number of halogens is 2. The quantitative estimate of drug-likeness (QED) is 0.188. The van der Waals surface area contributed by atoms with Crippen LogP contribution in [0.5, 0.6) is 0 Å². The number of benzene rings is 3. The topological polar surface area (TPSA) is 130 Å². The highest BCUT2D eigenvalue weighted by atomic mass is 32.2. The van der Waals surface area contributed by atoms with E-state index in [2.05, 4.69) is 5.32 Å². The molecule has 0 aliphatic carbocycles. The summed E-state index contributed by atoms with van der Waals surface area (Å²) in [6.45, 7) is 0.451. The van der Waals surface area contributed by atoms with Crippen molar-refractivity contribution >= 4 is 66.3 Å². The Morgan fingerprint density at radius 1 is 0.980 bits per heavy atom. The maximum Gasteiger partial charge on any atom is 0.255 e. The van der Waals surface area contributed by atoms with Gasteiger partial charge in [-0.25, -0.2) is 27.2 Å². The number of nitrogens with one attached hydrogen (secondary N) is 1. The molecule has 4 aromatic heterocycles. The molecule has 14 heteroatoms. The van der Waals surface area contributed by atoms with Crippen LogP contribution in [0.15, 0.2) is 77.2 Å². The maximum absolute atomic E-state index is 15.1. The van der Waals surface area contributed by atoms with Gasteiger partial charge in [-0.2, -0.15) is 0 Å². The standard InChI is InChI=1S/C36H30F2N6O5S/c1-39-36(46)33-24-16-23(29(43(3)50(4,47)48)18-31(24)49-35(33)20-8-10-21(37)11-9-20)26-12-13-27-34(41-26)30-17-22-25(38)6-5-7-28(22)44(30)32(40-27)19-42(2)14-15-45/h5-13,15-18H,14,19H2,1-4H3,(H,39,46). The fourth-order valence-corrected chi connectivity index (χ4v) is 6.70. The summed E-state index contributed by atoms with van der Waals surface area (Å²) < 4.78 is 63.9. The van der Waals surface area contributed by atoms with E-state index in [4.69, 9.17) is 14.4 Å². The van der Waals surface area contributed by atoms with Crippen LogP contribution in [-0.2, 0) is 21.4 Å². The lowest BCUT2D eigenvalue weighted by atomic mass is 10.0. The van der Waals surface area contributed by atoms with Crippen LogP contribution in [-0.4, -0.2) is 73.8 Å². The van der Waals surface area contributed by atoms with Crippen molar-refractivity contribution in [1.29, 1.82) is 0 Å². The van der Waals surface area contributed by atoms with E-state index in [-0.39, 0.29) is 35.7 Å². The van der Waals surface area contributed by atoms with Gasteiger partial charge >= 0.3 is 0 Å². The Morgan fingerprint density at radius 2 is 1.74 bits per heavy atom. The fourth-order valence-electron chi connectivity index (χ4n) is 6.19. The molecule has 0 unspecified atom stereocenters. The second-order valence-corrected chi connectivity index (χ2v) is 14.0. The number of sulfonamides is 1. The van der Waals surface area contributed by atoms with Gasteiger partial charge in [0.15, 0.2) is 0 Å². The minimum atomic E-state index is -3.80. The summed E-state index contributed by atoms with van der Waals surface area (Å²) in [5.74, 6) is -0.618. The van der Waals surface area contributed by atoms with Gasteiger partial charge in [0.2, 0.25) is 10.0 Å². The van der Waals surface area contributed by atoms with Crippen molar-refractivity contribution in [2.45, 2.75) is 6.54 Å². The molecule has 0 radical (unpaired) electrons. The Bertz CT molecular complexity index is 2620. The number of fused-ring (bicyclic) bond motifs is 6. The molecule has 0 saturated heterocycles. The highest BCUT2D eigenvalue weighted by Crippen LogP contribution is 2.41. The first kappa shape index (κ1) is 32.8. The number of nitrogens with zero attached hydrogens (tertiary/aromatic N) is 5. The number of hydrogen-bond donors (Lipinski definition) is 1. The van der Waals surface area contributed by atoms with E-state index < -0.39 is 27.6 Å². The molecule has 1 amide bonds. The number of aldehydes is 1. The Labute approximate surface area is 284 Å². The second kappa shape index (κ2) is 12.3. The molecule has 7 rings (SSSR count). The van der Waals surface area contributed by atoms with Crippen molar-refractivity contribution in [2.75, 3.05) is 38.2 Å². The van der Waals surface area contributed by atoms with E-state index in [1.165, 1.54) is 50.5 Å². The maximum atomic E-state index is 15.1. The molecular formula is C36H30F2N6O5S. The monoisotopic (exact) mass is 696 g/mol. The van der Waals surface area contributed by atoms with Crippen LogP contribution in [0.3, 0.4) is 0 Å². The predicted molar refractivity (Wildman–Crippen MR) is 188 cm³/mol. The number of carbonyl (C=O) groups excluding carboxylic acids is 2. The normalized spacial score (nSPS) is 12.1. The third kappa shape index (κ3) is 5.51. The van der Waals surface area contributed by atoms with Crippen LogP contribution in [0.25, 0.3) is 61.0 Å². The molecule has 7 aromatic rings. The van der Waals surface area contributed by atoms with Gasteiger partial charge in [-0.3, -0.25) is 18.4 Å². The highest BCUT2D eigenvalue weighted by molar-refractivity contribution is 7.92. The average Bonchev–Trinajstić information content (AvgIpc) is 3.67. The molecule has 0 bridgehead atoms. The number of aromatic nitrogens is 3. The Balaban J connectivity index is 1.53. The lowest BCUT2D eigenvalue weighted by Crippen LogP contribution is -2.25. The van der Waals surface area contributed by atoms with Crippen molar-refractivity contribution in [1.82, 2.24) is 24.6 Å². The Kier molecular flexibility index (Phi) is 8.07. The summed E-state index contributed by atoms with van der Waals surface area (Å²) in [6, 6.07) is 18.5. The van der Waals surface area contributed by atoms with Crippen LogP contribution < -0.4 is 9.62 Å². The third-order valence-electron chi connectivity index (χ3n) is 8.69.